The van der Waals surface area contributed by atoms with Gasteiger partial charge in [-0.25, -0.2) is 0 Å². The summed E-state index contributed by atoms with van der Waals surface area (Å²) in [6, 6.07) is 7.82. The zero-order chi connectivity index (χ0) is 15.1. The third-order valence-corrected chi connectivity index (χ3v) is 4.73. The lowest BCUT2D eigenvalue weighted by Gasteiger charge is -2.26. The highest BCUT2D eigenvalue weighted by Crippen LogP contribution is 2.28. The molecule has 0 aromatic heterocycles. The summed E-state index contributed by atoms with van der Waals surface area (Å²) in [6.07, 6.45) is 6.73. The fraction of sp³-hybridized carbons (Fsp3) is 0.684. The molecule has 0 spiro atoms. The van der Waals surface area contributed by atoms with E-state index in [9.17, 15) is 0 Å². The van der Waals surface area contributed by atoms with E-state index in [1.165, 1.54) is 37.7 Å². The summed E-state index contributed by atoms with van der Waals surface area (Å²) in [4.78, 5) is 2.69. The van der Waals surface area contributed by atoms with Crippen LogP contribution < -0.4 is 5.32 Å². The van der Waals surface area contributed by atoms with Crippen molar-refractivity contribution in [1.82, 2.24) is 10.2 Å². The Morgan fingerprint density at radius 2 is 1.90 bits per heavy atom. The van der Waals surface area contributed by atoms with E-state index in [1.807, 2.05) is 0 Å². The van der Waals surface area contributed by atoms with E-state index in [0.717, 1.165) is 32.2 Å². The van der Waals surface area contributed by atoms with Crippen LogP contribution in [0.1, 0.15) is 69.6 Å². The average molecular weight is 288 g/mol. The first kappa shape index (κ1) is 16.5. The van der Waals surface area contributed by atoms with Crippen molar-refractivity contribution < 1.29 is 0 Å². The fourth-order valence-electron chi connectivity index (χ4n) is 3.39. The Morgan fingerprint density at radius 1 is 1.10 bits per heavy atom. The van der Waals surface area contributed by atoms with Gasteiger partial charge in [-0.1, -0.05) is 58.2 Å². The van der Waals surface area contributed by atoms with Crippen molar-refractivity contribution in [2.24, 2.45) is 0 Å². The molecule has 2 nitrogen and oxygen atoms in total. The second-order valence-corrected chi connectivity index (χ2v) is 6.35. The van der Waals surface area contributed by atoms with Gasteiger partial charge in [0.25, 0.3) is 0 Å². The monoisotopic (exact) mass is 288 g/mol. The van der Waals surface area contributed by atoms with Gasteiger partial charge in [0, 0.05) is 25.7 Å². The maximum absolute atomic E-state index is 3.42. The van der Waals surface area contributed by atoms with Crippen LogP contribution in [0.15, 0.2) is 18.2 Å². The maximum Gasteiger partial charge on any atom is 0.0243 e. The Bertz CT molecular complexity index is 428. The first-order valence-electron chi connectivity index (χ1n) is 8.83. The Morgan fingerprint density at radius 3 is 2.62 bits per heavy atom. The second-order valence-electron chi connectivity index (χ2n) is 6.35. The standard InChI is InChI=1S/C19H32N2/c1-4-7-8-9-19(5-2)21-14-17-11-10-16(13-20-6-3)12-18(17)15-21/h10-12,19-20H,4-9,13-15H2,1-3H3. The molecule has 0 amide bonds. The first-order valence-corrected chi connectivity index (χ1v) is 8.83. The topological polar surface area (TPSA) is 15.3 Å². The molecular weight excluding hydrogens is 256 g/mol. The Balaban J connectivity index is 1.94. The molecule has 2 heteroatoms. The van der Waals surface area contributed by atoms with E-state index in [1.54, 1.807) is 11.1 Å². The smallest absolute Gasteiger partial charge is 0.0243 e. The lowest BCUT2D eigenvalue weighted by atomic mass is 10.0. The minimum absolute atomic E-state index is 0.765. The van der Waals surface area contributed by atoms with E-state index in [0.29, 0.717) is 0 Å². The molecule has 1 aliphatic rings. The lowest BCUT2D eigenvalue weighted by Crippen LogP contribution is -2.29. The summed E-state index contributed by atoms with van der Waals surface area (Å²) in [6.45, 7) is 11.1. The minimum atomic E-state index is 0.765. The van der Waals surface area contributed by atoms with Crippen LogP contribution in [0, 0.1) is 0 Å². The van der Waals surface area contributed by atoms with Gasteiger partial charge in [-0.2, -0.15) is 0 Å². The van der Waals surface area contributed by atoms with Crippen molar-refractivity contribution in [2.75, 3.05) is 6.54 Å². The fourth-order valence-corrected chi connectivity index (χ4v) is 3.39. The molecule has 21 heavy (non-hydrogen) atoms. The molecule has 2 rings (SSSR count). The zero-order valence-electron chi connectivity index (χ0n) is 14.1. The van der Waals surface area contributed by atoms with Crippen molar-refractivity contribution >= 4 is 0 Å². The molecule has 0 radical (unpaired) electrons. The van der Waals surface area contributed by atoms with E-state index >= 15 is 0 Å². The second kappa shape index (κ2) is 8.55. The van der Waals surface area contributed by atoms with E-state index in [-0.39, 0.29) is 0 Å². The molecule has 0 saturated carbocycles. The zero-order valence-corrected chi connectivity index (χ0v) is 14.1. The number of fused-ring (bicyclic) bond motifs is 1. The molecule has 1 aliphatic heterocycles. The van der Waals surface area contributed by atoms with E-state index in [4.69, 9.17) is 0 Å². The Kier molecular flexibility index (Phi) is 6.72. The van der Waals surface area contributed by atoms with Crippen LogP contribution in [-0.4, -0.2) is 17.5 Å². The van der Waals surface area contributed by atoms with E-state index in [2.05, 4.69) is 49.2 Å². The largest absolute Gasteiger partial charge is 0.313 e. The van der Waals surface area contributed by atoms with Crippen molar-refractivity contribution in [1.29, 1.82) is 0 Å². The minimum Gasteiger partial charge on any atom is -0.313 e. The number of hydrogen-bond acceptors (Lipinski definition) is 2. The normalized spacial score (nSPS) is 16.1. The summed E-state index contributed by atoms with van der Waals surface area (Å²) in [5, 5.41) is 3.42. The third-order valence-electron chi connectivity index (χ3n) is 4.73. The maximum atomic E-state index is 3.42. The van der Waals surface area contributed by atoms with Gasteiger partial charge in [0.2, 0.25) is 0 Å². The van der Waals surface area contributed by atoms with Gasteiger partial charge in [0.05, 0.1) is 0 Å². The average Bonchev–Trinajstić information content (AvgIpc) is 2.92. The van der Waals surface area contributed by atoms with Gasteiger partial charge in [-0.05, 0) is 36.1 Å². The highest BCUT2D eigenvalue weighted by Gasteiger charge is 2.24. The van der Waals surface area contributed by atoms with Crippen LogP contribution >= 0.6 is 0 Å². The highest BCUT2D eigenvalue weighted by molar-refractivity contribution is 5.35. The molecule has 0 bridgehead atoms. The number of nitrogens with zero attached hydrogens (tertiary/aromatic N) is 1. The molecular formula is C19H32N2. The number of nitrogens with one attached hydrogen (secondary N) is 1. The Hall–Kier alpha value is -0.860. The van der Waals surface area contributed by atoms with Gasteiger partial charge in [-0.3, -0.25) is 4.90 Å². The summed E-state index contributed by atoms with van der Waals surface area (Å²) < 4.78 is 0. The molecule has 1 unspecified atom stereocenters. The molecule has 1 heterocycles. The van der Waals surface area contributed by atoms with Gasteiger partial charge < -0.3 is 5.32 Å². The molecule has 0 aliphatic carbocycles. The molecule has 0 saturated heterocycles. The highest BCUT2D eigenvalue weighted by atomic mass is 15.2. The molecule has 0 fully saturated rings. The van der Waals surface area contributed by atoms with Crippen molar-refractivity contribution in [2.45, 2.75) is 78.6 Å². The molecule has 1 aromatic rings. The summed E-state index contributed by atoms with van der Waals surface area (Å²) in [5.41, 5.74) is 4.53. The van der Waals surface area contributed by atoms with E-state index < -0.39 is 0 Å². The molecule has 118 valence electrons. The summed E-state index contributed by atoms with van der Waals surface area (Å²) in [7, 11) is 0. The summed E-state index contributed by atoms with van der Waals surface area (Å²) in [5.74, 6) is 0. The third kappa shape index (κ3) is 4.55. The van der Waals surface area contributed by atoms with Crippen LogP contribution in [0.5, 0.6) is 0 Å². The lowest BCUT2D eigenvalue weighted by molar-refractivity contribution is 0.180. The van der Waals surface area contributed by atoms with Gasteiger partial charge >= 0.3 is 0 Å². The number of hydrogen-bond donors (Lipinski definition) is 1. The van der Waals surface area contributed by atoms with Crippen molar-refractivity contribution in [3.63, 3.8) is 0 Å². The van der Waals surface area contributed by atoms with Gasteiger partial charge in [0.1, 0.15) is 0 Å². The molecule has 1 aromatic carbocycles. The SMILES string of the molecule is CCCCCC(CC)N1Cc2ccc(CNCC)cc2C1. The molecule has 1 atom stereocenters. The Labute approximate surface area is 130 Å². The van der Waals surface area contributed by atoms with Gasteiger partial charge in [0.15, 0.2) is 0 Å². The van der Waals surface area contributed by atoms with Crippen LogP contribution in [-0.2, 0) is 19.6 Å². The predicted octanol–water partition coefficient (Wildman–Crippen LogP) is 4.47. The van der Waals surface area contributed by atoms with Crippen molar-refractivity contribution in [3.05, 3.63) is 34.9 Å². The molecule has 1 N–H and O–H groups in total. The van der Waals surface area contributed by atoms with Gasteiger partial charge in [-0.15, -0.1) is 0 Å². The number of benzene rings is 1. The van der Waals surface area contributed by atoms with Crippen LogP contribution in [0.2, 0.25) is 0 Å². The van der Waals surface area contributed by atoms with Crippen LogP contribution in [0.3, 0.4) is 0 Å². The van der Waals surface area contributed by atoms with Crippen LogP contribution in [0.4, 0.5) is 0 Å². The van der Waals surface area contributed by atoms with Crippen molar-refractivity contribution in [3.8, 4) is 0 Å². The van der Waals surface area contributed by atoms with Crippen LogP contribution in [0.25, 0.3) is 0 Å². The number of rotatable bonds is 9. The quantitative estimate of drug-likeness (QED) is 0.674. The first-order chi connectivity index (χ1) is 10.3. The number of unbranched alkanes of at least 4 members (excludes halogenated alkanes) is 2. The predicted molar refractivity (Wildman–Crippen MR) is 91.3 cm³/mol. The summed E-state index contributed by atoms with van der Waals surface area (Å²) >= 11 is 0.